The number of thiophene rings is 1. The van der Waals surface area contributed by atoms with E-state index in [0.717, 1.165) is 16.7 Å². The van der Waals surface area contributed by atoms with E-state index in [4.69, 9.17) is 0 Å². The topological polar surface area (TPSA) is 15.3 Å². The third kappa shape index (κ3) is 3.23. The monoisotopic (exact) mass is 310 g/mol. The van der Waals surface area contributed by atoms with Gasteiger partial charge in [-0.25, -0.2) is 0 Å². The molecule has 4 heteroatoms. The lowest BCUT2D eigenvalue weighted by molar-refractivity contribution is 0.935. The molecule has 0 spiro atoms. The first-order valence-electron chi connectivity index (χ1n) is 5.41. The second-order valence-corrected chi connectivity index (χ2v) is 5.71. The fourth-order valence-corrected chi connectivity index (χ4v) is 3.07. The van der Waals surface area contributed by atoms with Crippen molar-refractivity contribution in [3.63, 3.8) is 0 Å². The van der Waals surface area contributed by atoms with Gasteiger partial charge in [-0.1, -0.05) is 12.1 Å². The van der Waals surface area contributed by atoms with Gasteiger partial charge in [0.25, 0.3) is 0 Å². The van der Waals surface area contributed by atoms with Gasteiger partial charge in [0.05, 0.1) is 5.00 Å². The molecule has 0 aliphatic heterocycles. The molecular weight excluding hydrogens is 296 g/mol. The summed E-state index contributed by atoms with van der Waals surface area (Å²) in [6, 6.07) is 10.6. The molecule has 1 heterocycles. The van der Waals surface area contributed by atoms with Crippen LogP contribution in [0.5, 0.6) is 0 Å². The Morgan fingerprint density at radius 3 is 2.82 bits per heavy atom. The zero-order valence-corrected chi connectivity index (χ0v) is 12.3. The number of nitrogens with zero attached hydrogens (tertiary/aromatic N) is 1. The van der Waals surface area contributed by atoms with Crippen molar-refractivity contribution in [1.82, 2.24) is 0 Å². The molecule has 0 bridgehead atoms. The Bertz CT molecular complexity index is 496. The van der Waals surface area contributed by atoms with Crippen LogP contribution in [0.3, 0.4) is 0 Å². The van der Waals surface area contributed by atoms with E-state index in [0.29, 0.717) is 0 Å². The molecule has 0 unspecified atom stereocenters. The molecule has 0 saturated carbocycles. The minimum absolute atomic E-state index is 0.919. The molecule has 0 fully saturated rings. The van der Waals surface area contributed by atoms with Gasteiger partial charge in [-0.05, 0) is 39.7 Å². The summed E-state index contributed by atoms with van der Waals surface area (Å²) in [5, 5.41) is 6.54. The number of benzene rings is 1. The lowest BCUT2D eigenvalue weighted by Crippen LogP contribution is -2.14. The van der Waals surface area contributed by atoms with Gasteiger partial charge >= 0.3 is 0 Å². The summed E-state index contributed by atoms with van der Waals surface area (Å²) in [7, 11) is 4.06. The molecule has 2 rings (SSSR count). The number of hydrogen-bond acceptors (Lipinski definition) is 3. The molecule has 0 aliphatic rings. The molecule has 0 saturated heterocycles. The highest BCUT2D eigenvalue weighted by Crippen LogP contribution is 2.28. The van der Waals surface area contributed by atoms with Crippen LogP contribution in [0.15, 0.2) is 40.2 Å². The summed E-state index contributed by atoms with van der Waals surface area (Å²) in [5.74, 6) is 0. The van der Waals surface area contributed by atoms with Crippen LogP contribution in [0.2, 0.25) is 0 Å². The highest BCUT2D eigenvalue weighted by atomic mass is 79.9. The van der Waals surface area contributed by atoms with E-state index >= 15 is 0 Å². The molecule has 0 radical (unpaired) electrons. The average Bonchev–Trinajstić information content (AvgIpc) is 2.76. The summed E-state index contributed by atoms with van der Waals surface area (Å²) in [5.41, 5.74) is 2.46. The van der Waals surface area contributed by atoms with E-state index in [9.17, 15) is 0 Å². The highest BCUT2D eigenvalue weighted by Gasteiger charge is 2.05. The van der Waals surface area contributed by atoms with Crippen LogP contribution in [-0.4, -0.2) is 14.1 Å². The molecule has 0 atom stereocenters. The highest BCUT2D eigenvalue weighted by molar-refractivity contribution is 9.10. The normalized spacial score (nSPS) is 10.3. The smallest absolute Gasteiger partial charge is 0.0920 e. The van der Waals surface area contributed by atoms with E-state index in [1.54, 1.807) is 11.3 Å². The van der Waals surface area contributed by atoms with Crippen molar-refractivity contribution >= 4 is 38.0 Å². The van der Waals surface area contributed by atoms with E-state index < -0.39 is 0 Å². The van der Waals surface area contributed by atoms with Crippen molar-refractivity contribution in [1.29, 1.82) is 0 Å². The lowest BCUT2D eigenvalue weighted by atomic mass is 10.2. The Labute approximate surface area is 114 Å². The summed E-state index contributed by atoms with van der Waals surface area (Å²) in [4.78, 5) is 2.25. The van der Waals surface area contributed by atoms with Crippen molar-refractivity contribution in [2.24, 2.45) is 0 Å². The number of nitrogens with one attached hydrogen (secondary N) is 1. The minimum atomic E-state index is 0.919. The van der Waals surface area contributed by atoms with Crippen LogP contribution < -0.4 is 10.2 Å². The second kappa shape index (κ2) is 5.56. The van der Waals surface area contributed by atoms with Crippen molar-refractivity contribution < 1.29 is 0 Å². The fraction of sp³-hybridized carbons (Fsp3) is 0.231. The largest absolute Gasteiger partial charge is 0.388 e. The van der Waals surface area contributed by atoms with Crippen molar-refractivity contribution in [2.75, 3.05) is 24.3 Å². The Morgan fingerprint density at radius 1 is 1.35 bits per heavy atom. The summed E-state index contributed by atoms with van der Waals surface area (Å²) in [6.45, 7) is 0.919. The zero-order valence-electron chi connectivity index (χ0n) is 9.90. The van der Waals surface area contributed by atoms with Crippen LogP contribution in [0.4, 0.5) is 10.7 Å². The molecular formula is C13H15BrN2S. The molecule has 2 aromatic rings. The summed E-state index contributed by atoms with van der Waals surface area (Å²) in [6.07, 6.45) is 0. The molecule has 1 aromatic carbocycles. The van der Waals surface area contributed by atoms with E-state index in [1.807, 2.05) is 7.05 Å². The number of halogens is 1. The first-order valence-corrected chi connectivity index (χ1v) is 7.08. The summed E-state index contributed by atoms with van der Waals surface area (Å²) < 4.78 is 1.15. The Balaban J connectivity index is 2.09. The third-order valence-electron chi connectivity index (χ3n) is 2.57. The Kier molecular flexibility index (Phi) is 4.07. The standard InChI is InChI=1S/C13H15BrN2S/c1-15-12-5-3-4-10(6-12)8-16(2)13-7-11(14)9-17-13/h3-7,9,15H,8H2,1-2H3. The predicted octanol–water partition coefficient (Wildman–Crippen LogP) is 4.19. The van der Waals surface area contributed by atoms with E-state index in [1.165, 1.54) is 10.6 Å². The van der Waals surface area contributed by atoms with Gasteiger partial charge in [0.1, 0.15) is 0 Å². The number of anilines is 2. The van der Waals surface area contributed by atoms with Gasteiger partial charge in [0.15, 0.2) is 0 Å². The summed E-state index contributed by atoms with van der Waals surface area (Å²) >= 11 is 5.23. The first kappa shape index (κ1) is 12.5. The Hall–Kier alpha value is -1.000. The molecule has 1 N–H and O–H groups in total. The zero-order chi connectivity index (χ0) is 12.3. The molecule has 90 valence electrons. The van der Waals surface area contributed by atoms with Gasteiger partial charge in [0, 0.05) is 36.2 Å². The fourth-order valence-electron chi connectivity index (χ4n) is 1.68. The maximum Gasteiger partial charge on any atom is 0.0920 e. The quantitative estimate of drug-likeness (QED) is 0.911. The molecule has 0 amide bonds. The van der Waals surface area contributed by atoms with Crippen LogP contribution in [0.1, 0.15) is 5.56 Å². The van der Waals surface area contributed by atoms with Gasteiger partial charge in [-0.3, -0.25) is 0 Å². The maximum absolute atomic E-state index is 3.48. The van der Waals surface area contributed by atoms with Gasteiger partial charge in [0.2, 0.25) is 0 Å². The number of hydrogen-bond donors (Lipinski definition) is 1. The van der Waals surface area contributed by atoms with Crippen LogP contribution >= 0.6 is 27.3 Å². The first-order chi connectivity index (χ1) is 8.19. The minimum Gasteiger partial charge on any atom is -0.388 e. The van der Waals surface area contributed by atoms with Crippen LogP contribution in [0.25, 0.3) is 0 Å². The van der Waals surface area contributed by atoms with E-state index in [2.05, 4.69) is 68.9 Å². The van der Waals surface area contributed by atoms with Crippen LogP contribution in [0, 0.1) is 0 Å². The maximum atomic E-state index is 3.48. The van der Waals surface area contributed by atoms with Gasteiger partial charge in [-0.2, -0.15) is 0 Å². The van der Waals surface area contributed by atoms with Gasteiger partial charge < -0.3 is 10.2 Å². The van der Waals surface area contributed by atoms with Crippen LogP contribution in [-0.2, 0) is 6.54 Å². The Morgan fingerprint density at radius 2 is 2.18 bits per heavy atom. The van der Waals surface area contributed by atoms with Crippen molar-refractivity contribution in [2.45, 2.75) is 6.54 Å². The molecule has 2 nitrogen and oxygen atoms in total. The molecule has 1 aromatic heterocycles. The van der Waals surface area contributed by atoms with Crippen molar-refractivity contribution in [3.05, 3.63) is 45.7 Å². The molecule has 17 heavy (non-hydrogen) atoms. The number of rotatable bonds is 4. The predicted molar refractivity (Wildman–Crippen MR) is 80.1 cm³/mol. The SMILES string of the molecule is CNc1cccc(CN(C)c2cc(Br)cs2)c1. The second-order valence-electron chi connectivity index (χ2n) is 3.91. The van der Waals surface area contributed by atoms with E-state index in [-0.39, 0.29) is 0 Å². The lowest BCUT2D eigenvalue weighted by Gasteiger charge is -2.17. The molecule has 0 aliphatic carbocycles. The average molecular weight is 311 g/mol. The third-order valence-corrected chi connectivity index (χ3v) is 4.37. The van der Waals surface area contributed by atoms with Gasteiger partial charge in [-0.15, -0.1) is 11.3 Å². The van der Waals surface area contributed by atoms with Crippen molar-refractivity contribution in [3.8, 4) is 0 Å².